The lowest BCUT2D eigenvalue weighted by Crippen LogP contribution is -2.16. The molecule has 0 bridgehead atoms. The van der Waals surface area contributed by atoms with Crippen LogP contribution in [0.1, 0.15) is 30.9 Å². The number of benzene rings is 1. The van der Waals surface area contributed by atoms with Gasteiger partial charge in [-0.2, -0.15) is 0 Å². The van der Waals surface area contributed by atoms with Crippen LogP contribution >= 0.6 is 0 Å². The van der Waals surface area contributed by atoms with Gasteiger partial charge in [0, 0.05) is 18.8 Å². The molecule has 1 aliphatic heterocycles. The summed E-state index contributed by atoms with van der Waals surface area (Å²) in [5.74, 6) is 0.755. The first-order chi connectivity index (χ1) is 8.65. The van der Waals surface area contributed by atoms with Crippen molar-refractivity contribution in [2.45, 2.75) is 26.2 Å². The Morgan fingerprint density at radius 1 is 1.33 bits per heavy atom. The summed E-state index contributed by atoms with van der Waals surface area (Å²) in [4.78, 5) is 6.95. The van der Waals surface area contributed by atoms with Crippen molar-refractivity contribution in [2.24, 2.45) is 10.9 Å². The van der Waals surface area contributed by atoms with Gasteiger partial charge in [0.15, 0.2) is 0 Å². The van der Waals surface area contributed by atoms with E-state index in [1.165, 1.54) is 23.3 Å². The van der Waals surface area contributed by atoms with E-state index in [0.717, 1.165) is 31.8 Å². The first kappa shape index (κ1) is 13.3. The number of hydrogen-bond acceptors (Lipinski definition) is 2. The number of likely N-dealkylation sites (N-methyl/N-ethyl adjacent to an activating group) is 1. The zero-order chi connectivity index (χ0) is 13.0. The average Bonchev–Trinajstić information content (AvgIpc) is 2.37. The van der Waals surface area contributed by atoms with Gasteiger partial charge in [0.25, 0.3) is 0 Å². The standard InChI is InChI=1S/C16H24N2/c1-13-7-8-16(17-12-13)15-6-4-5-14(11-15)9-10-18(2)3/h4-6,11,13H,7-10,12H2,1-3H3/t13-/m0/s1. The van der Waals surface area contributed by atoms with Crippen molar-refractivity contribution in [1.29, 1.82) is 0 Å². The van der Waals surface area contributed by atoms with E-state index in [-0.39, 0.29) is 0 Å². The molecule has 0 spiro atoms. The van der Waals surface area contributed by atoms with Gasteiger partial charge in [-0.1, -0.05) is 25.1 Å². The molecule has 1 aromatic carbocycles. The lowest BCUT2D eigenvalue weighted by Gasteiger charge is -2.18. The maximum atomic E-state index is 4.72. The molecule has 0 fully saturated rings. The number of rotatable bonds is 4. The monoisotopic (exact) mass is 244 g/mol. The summed E-state index contributed by atoms with van der Waals surface area (Å²) in [5.41, 5.74) is 4.06. The molecule has 1 heterocycles. The molecule has 18 heavy (non-hydrogen) atoms. The van der Waals surface area contributed by atoms with Crippen molar-refractivity contribution in [1.82, 2.24) is 4.90 Å². The largest absolute Gasteiger partial charge is 0.309 e. The Balaban J connectivity index is 2.07. The summed E-state index contributed by atoms with van der Waals surface area (Å²) in [5, 5.41) is 0. The normalized spacial score (nSPS) is 20.0. The molecule has 1 atom stereocenters. The quantitative estimate of drug-likeness (QED) is 0.795. The van der Waals surface area contributed by atoms with E-state index in [9.17, 15) is 0 Å². The first-order valence-corrected chi connectivity index (χ1v) is 6.92. The maximum Gasteiger partial charge on any atom is 0.0420 e. The Morgan fingerprint density at radius 3 is 2.83 bits per heavy atom. The van der Waals surface area contributed by atoms with E-state index in [0.29, 0.717) is 0 Å². The molecular weight excluding hydrogens is 220 g/mol. The average molecular weight is 244 g/mol. The summed E-state index contributed by atoms with van der Waals surface area (Å²) in [6.45, 7) is 4.39. The van der Waals surface area contributed by atoms with Crippen molar-refractivity contribution in [3.05, 3.63) is 35.4 Å². The minimum absolute atomic E-state index is 0.755. The fraction of sp³-hybridized carbons (Fsp3) is 0.562. The summed E-state index contributed by atoms with van der Waals surface area (Å²) in [7, 11) is 4.24. The Bertz CT molecular complexity index is 421. The Labute approximate surface area is 111 Å². The summed E-state index contributed by atoms with van der Waals surface area (Å²) in [6.07, 6.45) is 3.53. The molecule has 2 rings (SSSR count). The molecule has 2 heteroatoms. The molecule has 0 radical (unpaired) electrons. The Hall–Kier alpha value is -1.15. The van der Waals surface area contributed by atoms with Gasteiger partial charge in [-0.15, -0.1) is 0 Å². The van der Waals surface area contributed by atoms with Crippen molar-refractivity contribution >= 4 is 5.71 Å². The fourth-order valence-electron chi connectivity index (χ4n) is 2.31. The van der Waals surface area contributed by atoms with Gasteiger partial charge in [0.05, 0.1) is 0 Å². The zero-order valence-corrected chi connectivity index (χ0v) is 11.8. The zero-order valence-electron chi connectivity index (χ0n) is 11.8. The van der Waals surface area contributed by atoms with Crippen molar-refractivity contribution in [3.63, 3.8) is 0 Å². The summed E-state index contributed by atoms with van der Waals surface area (Å²) >= 11 is 0. The van der Waals surface area contributed by atoms with E-state index < -0.39 is 0 Å². The molecule has 1 aliphatic rings. The van der Waals surface area contributed by atoms with Gasteiger partial charge in [-0.25, -0.2) is 0 Å². The fourth-order valence-corrected chi connectivity index (χ4v) is 2.31. The van der Waals surface area contributed by atoms with E-state index in [2.05, 4.69) is 50.2 Å². The minimum Gasteiger partial charge on any atom is -0.309 e. The molecule has 98 valence electrons. The van der Waals surface area contributed by atoms with Crippen LogP contribution in [0.3, 0.4) is 0 Å². The van der Waals surface area contributed by atoms with Crippen LogP contribution in [0.25, 0.3) is 0 Å². The van der Waals surface area contributed by atoms with Gasteiger partial charge in [0.1, 0.15) is 0 Å². The molecular formula is C16H24N2. The third-order valence-electron chi connectivity index (χ3n) is 3.58. The van der Waals surface area contributed by atoms with Gasteiger partial charge >= 0.3 is 0 Å². The maximum absolute atomic E-state index is 4.72. The SMILES string of the molecule is C[C@H]1CCC(c2cccc(CCN(C)C)c2)=NC1. The number of nitrogens with zero attached hydrogens (tertiary/aromatic N) is 2. The van der Waals surface area contributed by atoms with E-state index in [1.54, 1.807) is 0 Å². The topological polar surface area (TPSA) is 15.6 Å². The molecule has 0 saturated heterocycles. The van der Waals surface area contributed by atoms with E-state index >= 15 is 0 Å². The highest BCUT2D eigenvalue weighted by molar-refractivity contribution is 6.01. The number of hydrogen-bond donors (Lipinski definition) is 0. The first-order valence-electron chi connectivity index (χ1n) is 6.92. The van der Waals surface area contributed by atoms with Crippen LogP contribution in [0.2, 0.25) is 0 Å². The van der Waals surface area contributed by atoms with E-state index in [1.807, 2.05) is 0 Å². The second-order valence-corrected chi connectivity index (χ2v) is 5.68. The highest BCUT2D eigenvalue weighted by Gasteiger charge is 2.13. The Kier molecular flexibility index (Phi) is 4.54. The van der Waals surface area contributed by atoms with Crippen LogP contribution in [0, 0.1) is 5.92 Å². The number of aliphatic imine (C=N–C) groups is 1. The lowest BCUT2D eigenvalue weighted by atomic mass is 9.95. The molecule has 0 N–H and O–H groups in total. The molecule has 0 saturated carbocycles. The summed E-state index contributed by atoms with van der Waals surface area (Å²) < 4.78 is 0. The van der Waals surface area contributed by atoms with E-state index in [4.69, 9.17) is 4.99 Å². The molecule has 0 amide bonds. The van der Waals surface area contributed by atoms with Crippen LogP contribution in [0.15, 0.2) is 29.3 Å². The molecule has 1 aromatic rings. The van der Waals surface area contributed by atoms with Gasteiger partial charge in [-0.3, -0.25) is 4.99 Å². The molecule has 0 aliphatic carbocycles. The third kappa shape index (κ3) is 3.67. The van der Waals surface area contributed by atoms with Gasteiger partial charge in [0.2, 0.25) is 0 Å². The third-order valence-corrected chi connectivity index (χ3v) is 3.58. The van der Waals surface area contributed by atoms with Crippen molar-refractivity contribution < 1.29 is 0 Å². The minimum atomic E-state index is 0.755. The summed E-state index contributed by atoms with van der Waals surface area (Å²) in [6, 6.07) is 8.91. The molecule has 0 aromatic heterocycles. The van der Waals surface area contributed by atoms with Crippen molar-refractivity contribution in [2.75, 3.05) is 27.2 Å². The van der Waals surface area contributed by atoms with Gasteiger partial charge < -0.3 is 4.90 Å². The smallest absolute Gasteiger partial charge is 0.0420 e. The Morgan fingerprint density at radius 2 is 2.17 bits per heavy atom. The predicted octanol–water partition coefficient (Wildman–Crippen LogP) is 3.01. The molecule has 0 unspecified atom stereocenters. The predicted molar refractivity (Wildman–Crippen MR) is 78.5 cm³/mol. The highest BCUT2D eigenvalue weighted by Crippen LogP contribution is 2.18. The van der Waals surface area contributed by atoms with Gasteiger partial charge in [-0.05, 0) is 56.5 Å². The van der Waals surface area contributed by atoms with Crippen LogP contribution in [0.5, 0.6) is 0 Å². The highest BCUT2D eigenvalue weighted by atomic mass is 15.0. The second-order valence-electron chi connectivity index (χ2n) is 5.68. The second kappa shape index (κ2) is 6.14. The molecule has 2 nitrogen and oxygen atoms in total. The lowest BCUT2D eigenvalue weighted by molar-refractivity contribution is 0.413. The van der Waals surface area contributed by atoms with Crippen LogP contribution < -0.4 is 0 Å². The van der Waals surface area contributed by atoms with Crippen LogP contribution in [0.4, 0.5) is 0 Å². The van der Waals surface area contributed by atoms with Crippen LogP contribution in [-0.2, 0) is 6.42 Å². The van der Waals surface area contributed by atoms with Crippen LogP contribution in [-0.4, -0.2) is 37.8 Å². The van der Waals surface area contributed by atoms with Crippen molar-refractivity contribution in [3.8, 4) is 0 Å².